The highest BCUT2D eigenvalue weighted by molar-refractivity contribution is 6.06. The van der Waals surface area contributed by atoms with Crippen molar-refractivity contribution in [2.45, 2.75) is 19.9 Å². The second kappa shape index (κ2) is 4.36. The lowest BCUT2D eigenvalue weighted by Crippen LogP contribution is -2.58. The summed E-state index contributed by atoms with van der Waals surface area (Å²) in [5.41, 5.74) is -0.236. The van der Waals surface area contributed by atoms with E-state index in [4.69, 9.17) is 0 Å². The highest BCUT2D eigenvalue weighted by atomic mass is 19.1. The molecule has 1 saturated heterocycles. The molecule has 0 saturated carbocycles. The van der Waals surface area contributed by atoms with Crippen molar-refractivity contribution in [3.8, 4) is 0 Å². The minimum Gasteiger partial charge on any atom is -0.345 e. The molecule has 2 amide bonds. The summed E-state index contributed by atoms with van der Waals surface area (Å²) in [6.07, 6.45) is 0. The van der Waals surface area contributed by atoms with Crippen LogP contribution in [-0.4, -0.2) is 24.4 Å². The smallest absolute Gasteiger partial charge is 0.247 e. The Morgan fingerprint density at radius 1 is 1.33 bits per heavy atom. The molecule has 6 heteroatoms. The zero-order valence-corrected chi connectivity index (χ0v) is 9.96. The summed E-state index contributed by atoms with van der Waals surface area (Å²) >= 11 is 0. The second-order valence-corrected chi connectivity index (χ2v) is 4.18. The van der Waals surface area contributed by atoms with Crippen molar-refractivity contribution >= 4 is 17.5 Å². The number of hydrogen-bond donors (Lipinski definition) is 1. The van der Waals surface area contributed by atoms with Crippen LogP contribution in [0.15, 0.2) is 12.1 Å². The summed E-state index contributed by atoms with van der Waals surface area (Å²) in [6, 6.07) is 1.44. The van der Waals surface area contributed by atoms with Gasteiger partial charge in [-0.3, -0.25) is 14.5 Å². The van der Waals surface area contributed by atoms with E-state index in [-0.39, 0.29) is 12.1 Å². The molecule has 18 heavy (non-hydrogen) atoms. The molecule has 4 nitrogen and oxygen atoms in total. The Bertz CT molecular complexity index is 531. The number of amides is 2. The molecule has 0 spiro atoms. The number of carbonyl (C=O) groups excluding carboxylic acids is 2. The Morgan fingerprint density at radius 2 is 2.00 bits per heavy atom. The van der Waals surface area contributed by atoms with Crippen molar-refractivity contribution in [3.63, 3.8) is 0 Å². The Balaban J connectivity index is 2.56. The number of rotatable bonds is 1. The summed E-state index contributed by atoms with van der Waals surface area (Å²) in [7, 11) is 0. The van der Waals surface area contributed by atoms with Gasteiger partial charge in [0.05, 0.1) is 6.54 Å². The van der Waals surface area contributed by atoms with E-state index in [1.54, 1.807) is 0 Å². The third kappa shape index (κ3) is 1.83. The van der Waals surface area contributed by atoms with Gasteiger partial charge in [0.15, 0.2) is 5.82 Å². The van der Waals surface area contributed by atoms with Gasteiger partial charge < -0.3 is 5.32 Å². The monoisotopic (exact) mass is 254 g/mol. The fourth-order valence-corrected chi connectivity index (χ4v) is 1.91. The molecule has 1 aliphatic rings. The van der Waals surface area contributed by atoms with E-state index < -0.39 is 35.2 Å². The maximum atomic E-state index is 14.0. The van der Waals surface area contributed by atoms with Crippen LogP contribution in [0.1, 0.15) is 12.5 Å². The van der Waals surface area contributed by atoms with Crippen LogP contribution in [0.3, 0.4) is 0 Å². The molecule has 1 atom stereocenters. The van der Waals surface area contributed by atoms with E-state index in [1.807, 2.05) is 0 Å². The summed E-state index contributed by atoms with van der Waals surface area (Å²) in [4.78, 5) is 24.1. The summed E-state index contributed by atoms with van der Waals surface area (Å²) in [5.74, 6) is -2.64. The van der Waals surface area contributed by atoms with Gasteiger partial charge in [-0.1, -0.05) is 6.07 Å². The number of carbonyl (C=O) groups is 2. The van der Waals surface area contributed by atoms with Crippen molar-refractivity contribution in [1.29, 1.82) is 0 Å². The number of piperazine rings is 1. The van der Waals surface area contributed by atoms with Gasteiger partial charge in [0, 0.05) is 0 Å². The molecule has 0 bridgehead atoms. The molecule has 2 rings (SSSR count). The minimum absolute atomic E-state index is 0.220. The van der Waals surface area contributed by atoms with Gasteiger partial charge >= 0.3 is 0 Å². The highest BCUT2D eigenvalue weighted by Crippen LogP contribution is 2.28. The van der Waals surface area contributed by atoms with E-state index in [9.17, 15) is 18.4 Å². The molecule has 1 aromatic rings. The number of hydrogen-bond acceptors (Lipinski definition) is 2. The van der Waals surface area contributed by atoms with Crippen LogP contribution in [-0.2, 0) is 9.59 Å². The van der Waals surface area contributed by atoms with Gasteiger partial charge in [-0.15, -0.1) is 0 Å². The molecule has 96 valence electrons. The predicted octanol–water partition coefficient (Wildman–Crippen LogP) is 1.12. The zero-order chi connectivity index (χ0) is 13.4. The van der Waals surface area contributed by atoms with Crippen LogP contribution in [0.5, 0.6) is 0 Å². The molecule has 0 aromatic heterocycles. The molecule has 1 unspecified atom stereocenters. The first-order valence-electron chi connectivity index (χ1n) is 5.48. The summed E-state index contributed by atoms with van der Waals surface area (Å²) in [5, 5.41) is 2.36. The van der Waals surface area contributed by atoms with Crippen LogP contribution < -0.4 is 10.2 Å². The molecule has 0 radical (unpaired) electrons. The maximum absolute atomic E-state index is 14.0. The number of aryl methyl sites for hydroxylation is 1. The molecule has 0 aliphatic carbocycles. The Kier molecular flexibility index (Phi) is 3.02. The molecular formula is C12H12F2N2O2. The molecule has 1 heterocycles. The van der Waals surface area contributed by atoms with Crippen LogP contribution in [0.4, 0.5) is 14.5 Å². The van der Waals surface area contributed by atoms with Gasteiger partial charge in [0.2, 0.25) is 11.8 Å². The topological polar surface area (TPSA) is 49.4 Å². The highest BCUT2D eigenvalue weighted by Gasteiger charge is 2.35. The molecule has 1 aliphatic heterocycles. The SMILES string of the molecule is Cc1ccc(F)c(N2C(=O)CNC(=O)C2C)c1F. The van der Waals surface area contributed by atoms with Gasteiger partial charge in [0.25, 0.3) is 0 Å². The van der Waals surface area contributed by atoms with Gasteiger partial charge in [-0.2, -0.15) is 0 Å². The van der Waals surface area contributed by atoms with Crippen LogP contribution in [0, 0.1) is 18.6 Å². The van der Waals surface area contributed by atoms with E-state index in [2.05, 4.69) is 5.32 Å². The van der Waals surface area contributed by atoms with Gasteiger partial charge in [0.1, 0.15) is 17.5 Å². The third-order valence-electron chi connectivity index (χ3n) is 2.95. The van der Waals surface area contributed by atoms with Gasteiger partial charge in [-0.25, -0.2) is 8.78 Å². The van der Waals surface area contributed by atoms with E-state index >= 15 is 0 Å². The van der Waals surface area contributed by atoms with Crippen LogP contribution in [0.25, 0.3) is 0 Å². The number of benzene rings is 1. The maximum Gasteiger partial charge on any atom is 0.247 e. The molecule has 1 aromatic carbocycles. The predicted molar refractivity (Wildman–Crippen MR) is 61.1 cm³/mol. The van der Waals surface area contributed by atoms with Crippen LogP contribution >= 0.6 is 0 Å². The second-order valence-electron chi connectivity index (χ2n) is 4.18. The first-order chi connectivity index (χ1) is 8.43. The van der Waals surface area contributed by atoms with Crippen molar-refractivity contribution in [3.05, 3.63) is 29.3 Å². The standard InChI is InChI=1S/C12H12F2N2O2/c1-6-3-4-8(13)11(10(6)14)16-7(2)12(18)15-5-9(16)17/h3-4,7H,5H2,1-2H3,(H,15,18). The zero-order valence-electron chi connectivity index (χ0n) is 9.96. The number of nitrogens with zero attached hydrogens (tertiary/aromatic N) is 1. The summed E-state index contributed by atoms with van der Waals surface area (Å²) in [6.45, 7) is 2.64. The van der Waals surface area contributed by atoms with E-state index in [1.165, 1.54) is 19.9 Å². The Labute approximate surface area is 103 Å². The molecular weight excluding hydrogens is 242 g/mol. The normalized spacial score (nSPS) is 20.0. The van der Waals surface area contributed by atoms with E-state index in [0.29, 0.717) is 0 Å². The fraction of sp³-hybridized carbons (Fsp3) is 0.333. The quantitative estimate of drug-likeness (QED) is 0.816. The van der Waals surface area contributed by atoms with Crippen molar-refractivity contribution < 1.29 is 18.4 Å². The van der Waals surface area contributed by atoms with Crippen molar-refractivity contribution in [1.82, 2.24) is 5.32 Å². The first-order valence-corrected chi connectivity index (χ1v) is 5.48. The average molecular weight is 254 g/mol. The van der Waals surface area contributed by atoms with E-state index in [0.717, 1.165) is 11.0 Å². The minimum atomic E-state index is -0.933. The van der Waals surface area contributed by atoms with Crippen molar-refractivity contribution in [2.24, 2.45) is 0 Å². The third-order valence-corrected chi connectivity index (χ3v) is 2.95. The molecule has 1 N–H and O–H groups in total. The number of nitrogens with one attached hydrogen (secondary N) is 1. The lowest BCUT2D eigenvalue weighted by atomic mass is 10.1. The summed E-state index contributed by atoms with van der Waals surface area (Å²) < 4.78 is 27.7. The van der Waals surface area contributed by atoms with Gasteiger partial charge in [-0.05, 0) is 25.5 Å². The number of anilines is 1. The lowest BCUT2D eigenvalue weighted by Gasteiger charge is -2.33. The van der Waals surface area contributed by atoms with Crippen molar-refractivity contribution in [2.75, 3.05) is 11.4 Å². The lowest BCUT2D eigenvalue weighted by molar-refractivity contribution is -0.130. The van der Waals surface area contributed by atoms with Crippen LogP contribution in [0.2, 0.25) is 0 Å². The first kappa shape index (κ1) is 12.5. The largest absolute Gasteiger partial charge is 0.345 e. The molecule has 1 fully saturated rings. The average Bonchev–Trinajstić information content (AvgIpc) is 2.33. The number of halogens is 2. The fourth-order valence-electron chi connectivity index (χ4n) is 1.91. The Hall–Kier alpha value is -1.98. The Morgan fingerprint density at radius 3 is 2.67 bits per heavy atom.